The van der Waals surface area contributed by atoms with Crippen LogP contribution in [0.3, 0.4) is 0 Å². The molecule has 2 N–H and O–H groups in total. The first-order valence-electron chi connectivity index (χ1n) is 5.29. The molecule has 0 aliphatic carbocycles. The largest absolute Gasteiger partial charge is 0.443 e. The molecule has 7 nitrogen and oxygen atoms in total. The lowest BCUT2D eigenvalue weighted by molar-refractivity contribution is 0.138. The van der Waals surface area contributed by atoms with E-state index in [1.54, 1.807) is 18.2 Å². The van der Waals surface area contributed by atoms with E-state index in [0.29, 0.717) is 11.4 Å². The Kier molecular flexibility index (Phi) is 8.03. The highest BCUT2D eigenvalue weighted by Crippen LogP contribution is 2.03. The second-order valence-corrected chi connectivity index (χ2v) is 3.27. The topological polar surface area (TPSA) is 89.5 Å². The summed E-state index contributed by atoms with van der Waals surface area (Å²) in [5, 5.41) is 4.66. The molecule has 8 heteroatoms. The highest BCUT2D eigenvalue weighted by Gasteiger charge is 2.04. The van der Waals surface area contributed by atoms with Gasteiger partial charge in [-0.25, -0.2) is 9.59 Å². The third-order valence-corrected chi connectivity index (χ3v) is 1.97. The van der Waals surface area contributed by atoms with E-state index in [2.05, 4.69) is 15.6 Å². The second kappa shape index (κ2) is 8.98. The summed E-state index contributed by atoms with van der Waals surface area (Å²) in [6.07, 6.45) is -1.05. The Labute approximate surface area is 117 Å². The number of alkyl carbamates (subject to hydrolysis) is 2. The fourth-order valence-electron chi connectivity index (χ4n) is 1.11. The van der Waals surface area contributed by atoms with Gasteiger partial charge in [0.1, 0.15) is 13.2 Å². The molecular weight excluding hydrogens is 274 g/mol. The third kappa shape index (κ3) is 6.46. The Hall–Kier alpha value is -2.02. The summed E-state index contributed by atoms with van der Waals surface area (Å²) >= 11 is 0. The molecule has 0 bridgehead atoms. The predicted octanol–water partition coefficient (Wildman–Crippen LogP) is 1.22. The number of rotatable bonds is 4. The van der Waals surface area contributed by atoms with Crippen molar-refractivity contribution >= 4 is 24.6 Å². The van der Waals surface area contributed by atoms with Crippen molar-refractivity contribution in [2.45, 2.75) is 13.2 Å². The van der Waals surface area contributed by atoms with Crippen LogP contribution in [-0.2, 0) is 22.7 Å². The minimum absolute atomic E-state index is 0. The SMILES string of the molecule is CNC(=O)OCc1cccc(COC(=O)NC)n1.Cl. The maximum absolute atomic E-state index is 10.9. The zero-order chi connectivity index (χ0) is 13.4. The number of pyridine rings is 1. The minimum atomic E-state index is -0.524. The number of nitrogens with one attached hydrogen (secondary N) is 2. The minimum Gasteiger partial charge on any atom is -0.443 e. The maximum Gasteiger partial charge on any atom is 0.407 e. The Morgan fingerprint density at radius 3 is 1.84 bits per heavy atom. The van der Waals surface area contributed by atoms with Crippen LogP contribution in [0.1, 0.15) is 11.4 Å². The van der Waals surface area contributed by atoms with Gasteiger partial charge in [-0.2, -0.15) is 0 Å². The van der Waals surface area contributed by atoms with Gasteiger partial charge in [-0.3, -0.25) is 4.98 Å². The van der Waals surface area contributed by atoms with Crippen LogP contribution < -0.4 is 10.6 Å². The molecule has 106 valence electrons. The Morgan fingerprint density at radius 1 is 1.05 bits per heavy atom. The molecule has 0 atom stereocenters. The van der Waals surface area contributed by atoms with E-state index >= 15 is 0 Å². The summed E-state index contributed by atoms with van der Waals surface area (Å²) in [4.78, 5) is 25.9. The monoisotopic (exact) mass is 289 g/mol. The summed E-state index contributed by atoms with van der Waals surface area (Å²) in [6.45, 7) is 0.126. The Balaban J connectivity index is 0.00000324. The van der Waals surface area contributed by atoms with Crippen LogP contribution in [-0.4, -0.2) is 31.3 Å². The molecule has 0 saturated carbocycles. The lowest BCUT2D eigenvalue weighted by atomic mass is 10.3. The molecule has 1 rings (SSSR count). The van der Waals surface area contributed by atoms with Crippen LogP contribution in [0.5, 0.6) is 0 Å². The average molecular weight is 290 g/mol. The molecule has 0 unspecified atom stereocenters. The van der Waals surface area contributed by atoms with Crippen LogP contribution in [0.25, 0.3) is 0 Å². The highest BCUT2D eigenvalue weighted by molar-refractivity contribution is 5.85. The van der Waals surface area contributed by atoms with Gasteiger partial charge in [-0.1, -0.05) is 6.07 Å². The van der Waals surface area contributed by atoms with Gasteiger partial charge in [0.25, 0.3) is 0 Å². The van der Waals surface area contributed by atoms with Crippen molar-refractivity contribution in [3.63, 3.8) is 0 Å². The summed E-state index contributed by atoms with van der Waals surface area (Å²) in [5.74, 6) is 0. The molecule has 1 heterocycles. The van der Waals surface area contributed by atoms with Gasteiger partial charge >= 0.3 is 12.2 Å². The maximum atomic E-state index is 10.9. The van der Waals surface area contributed by atoms with Crippen molar-refractivity contribution in [1.29, 1.82) is 0 Å². The summed E-state index contributed by atoms with van der Waals surface area (Å²) in [7, 11) is 2.95. The number of carbonyl (C=O) groups excluding carboxylic acids is 2. The van der Waals surface area contributed by atoms with Crippen LogP contribution >= 0.6 is 12.4 Å². The molecule has 0 fully saturated rings. The molecular formula is C11H16ClN3O4. The van der Waals surface area contributed by atoms with Crippen molar-refractivity contribution in [3.05, 3.63) is 29.6 Å². The molecule has 2 amide bonds. The average Bonchev–Trinajstić information content (AvgIpc) is 2.42. The number of ether oxygens (including phenoxy) is 2. The summed E-state index contributed by atoms with van der Waals surface area (Å²) < 4.78 is 9.69. The van der Waals surface area contributed by atoms with E-state index in [1.807, 2.05) is 0 Å². The van der Waals surface area contributed by atoms with Crippen LogP contribution in [0.4, 0.5) is 9.59 Å². The first kappa shape index (κ1) is 17.0. The second-order valence-electron chi connectivity index (χ2n) is 3.27. The fraction of sp³-hybridized carbons (Fsp3) is 0.364. The summed E-state index contributed by atoms with van der Waals surface area (Å²) in [5.41, 5.74) is 1.16. The molecule has 0 saturated heterocycles. The highest BCUT2D eigenvalue weighted by atomic mass is 35.5. The number of nitrogens with zero attached hydrogens (tertiary/aromatic N) is 1. The van der Waals surface area contributed by atoms with Gasteiger partial charge in [0.05, 0.1) is 11.4 Å². The van der Waals surface area contributed by atoms with E-state index in [4.69, 9.17) is 9.47 Å². The lowest BCUT2D eigenvalue weighted by Crippen LogP contribution is -2.20. The summed E-state index contributed by atoms with van der Waals surface area (Å²) in [6, 6.07) is 5.18. The van der Waals surface area contributed by atoms with Crippen LogP contribution in [0, 0.1) is 0 Å². The van der Waals surface area contributed by atoms with Crippen molar-refractivity contribution in [3.8, 4) is 0 Å². The zero-order valence-corrected chi connectivity index (χ0v) is 11.5. The number of aromatic nitrogens is 1. The van der Waals surface area contributed by atoms with E-state index in [0.717, 1.165) is 0 Å². The van der Waals surface area contributed by atoms with E-state index in [9.17, 15) is 9.59 Å². The first-order valence-corrected chi connectivity index (χ1v) is 5.29. The molecule has 0 radical (unpaired) electrons. The fourth-order valence-corrected chi connectivity index (χ4v) is 1.11. The number of halogens is 1. The van der Waals surface area contributed by atoms with Crippen molar-refractivity contribution in [2.75, 3.05) is 14.1 Å². The number of hydrogen-bond donors (Lipinski definition) is 2. The van der Waals surface area contributed by atoms with E-state index in [-0.39, 0.29) is 25.6 Å². The zero-order valence-electron chi connectivity index (χ0n) is 10.6. The molecule has 1 aromatic heterocycles. The predicted molar refractivity (Wildman–Crippen MR) is 70.0 cm³/mol. The number of amides is 2. The van der Waals surface area contributed by atoms with Gasteiger partial charge in [0.15, 0.2) is 0 Å². The Bertz CT molecular complexity index is 393. The molecule has 0 aliphatic rings. The van der Waals surface area contributed by atoms with E-state index in [1.165, 1.54) is 14.1 Å². The first-order chi connectivity index (χ1) is 8.65. The molecule has 19 heavy (non-hydrogen) atoms. The van der Waals surface area contributed by atoms with Crippen molar-refractivity contribution in [1.82, 2.24) is 15.6 Å². The van der Waals surface area contributed by atoms with E-state index < -0.39 is 12.2 Å². The molecule has 0 aromatic carbocycles. The third-order valence-electron chi connectivity index (χ3n) is 1.97. The van der Waals surface area contributed by atoms with Crippen molar-refractivity contribution < 1.29 is 19.1 Å². The van der Waals surface area contributed by atoms with Gasteiger partial charge in [0, 0.05) is 14.1 Å². The van der Waals surface area contributed by atoms with Crippen LogP contribution in [0.15, 0.2) is 18.2 Å². The van der Waals surface area contributed by atoms with Crippen LogP contribution in [0.2, 0.25) is 0 Å². The van der Waals surface area contributed by atoms with Gasteiger partial charge in [-0.15, -0.1) is 12.4 Å². The van der Waals surface area contributed by atoms with Gasteiger partial charge < -0.3 is 20.1 Å². The molecule has 0 aliphatic heterocycles. The lowest BCUT2D eigenvalue weighted by Gasteiger charge is -2.06. The molecule has 0 spiro atoms. The Morgan fingerprint density at radius 2 is 1.47 bits per heavy atom. The van der Waals surface area contributed by atoms with Crippen molar-refractivity contribution in [2.24, 2.45) is 0 Å². The van der Waals surface area contributed by atoms with Gasteiger partial charge in [-0.05, 0) is 12.1 Å². The molecule has 1 aromatic rings. The smallest absolute Gasteiger partial charge is 0.407 e. The normalized spacial score (nSPS) is 8.95. The standard InChI is InChI=1S/C11H15N3O4.ClH/c1-12-10(15)17-6-8-4-3-5-9(14-8)7-18-11(16)13-2;/h3-5H,6-7H2,1-2H3,(H,12,15)(H,13,16);1H. The number of carbonyl (C=O) groups is 2. The van der Waals surface area contributed by atoms with Gasteiger partial charge in [0.2, 0.25) is 0 Å². The quantitative estimate of drug-likeness (QED) is 0.870. The number of hydrogen-bond acceptors (Lipinski definition) is 5.